The van der Waals surface area contributed by atoms with Crippen LogP contribution in [-0.4, -0.2) is 105 Å². The van der Waals surface area contributed by atoms with Crippen molar-refractivity contribution in [2.45, 2.75) is 65.5 Å². The van der Waals surface area contributed by atoms with Crippen molar-refractivity contribution in [2.75, 3.05) is 60.0 Å². The Morgan fingerprint density at radius 3 is 1.71 bits per heavy atom. The van der Waals surface area contributed by atoms with Gasteiger partial charge < -0.3 is 33.7 Å². The fourth-order valence-electron chi connectivity index (χ4n) is 3.35. The van der Waals surface area contributed by atoms with E-state index in [1.165, 1.54) is 7.11 Å². The third-order valence-electron chi connectivity index (χ3n) is 5.46. The monoisotopic (exact) mass is 567 g/mol. The Bertz CT molecular complexity index is 713. The molecule has 1 atom stereocenters. The Hall–Kier alpha value is -1.91. The van der Waals surface area contributed by atoms with Crippen LogP contribution in [0.2, 0.25) is 0 Å². The number of carboxylic acid groups (broad SMARTS) is 2. The van der Waals surface area contributed by atoms with Gasteiger partial charge in [-0.15, -0.1) is 4.42 Å². The van der Waals surface area contributed by atoms with Crippen LogP contribution in [0.5, 0.6) is 0 Å². The first-order valence-corrected chi connectivity index (χ1v) is 13.3. The summed E-state index contributed by atoms with van der Waals surface area (Å²) in [6.07, 6.45) is -0.135. The van der Waals surface area contributed by atoms with E-state index < -0.39 is 23.3 Å². The standard InChI is InChI=1S/C24H43N2O11P/c1-19(2)26(20(3)4,36-11-6-10-25)38-37-18-24(15-33-12-7-21(27)28,16-34-13-8-22(29)30)17-35-14-9-23(31)32-5/h19-20,38H,6-9,11-18H2,1-5H3,(H-,27,28,29,30)/p+1. The molecule has 0 amide bonds. The summed E-state index contributed by atoms with van der Waals surface area (Å²) in [5.74, 6) is -2.45. The highest BCUT2D eigenvalue weighted by Crippen LogP contribution is 2.40. The van der Waals surface area contributed by atoms with Gasteiger partial charge in [0.2, 0.25) is 0 Å². The maximum Gasteiger partial charge on any atom is 0.307 e. The van der Waals surface area contributed by atoms with Gasteiger partial charge in [0, 0.05) is 0 Å². The highest BCUT2D eigenvalue weighted by atomic mass is 31.1. The Kier molecular flexibility index (Phi) is 19.0. The molecule has 0 spiro atoms. The first kappa shape index (κ1) is 36.1. The SMILES string of the molecule is COC(=O)CCOCC(COCCC(=O)O)(COCCC(=O)O)COP[N+](OCCC#N)(C(C)C)C(C)C. The van der Waals surface area contributed by atoms with Gasteiger partial charge in [-0.05, 0) is 27.7 Å². The molecule has 0 radical (unpaired) electrons. The van der Waals surface area contributed by atoms with Crippen LogP contribution in [0.25, 0.3) is 0 Å². The average Bonchev–Trinajstić information content (AvgIpc) is 2.85. The molecule has 0 fully saturated rings. The number of hydroxylamine groups is 2. The highest BCUT2D eigenvalue weighted by molar-refractivity contribution is 7.25. The van der Waals surface area contributed by atoms with E-state index in [0.717, 1.165) is 0 Å². The summed E-state index contributed by atoms with van der Waals surface area (Å²) in [5, 5.41) is 26.8. The normalized spacial score (nSPS) is 12.4. The van der Waals surface area contributed by atoms with Gasteiger partial charge in [0.25, 0.3) is 8.96 Å². The van der Waals surface area contributed by atoms with Gasteiger partial charge in [-0.2, -0.15) is 10.1 Å². The number of nitriles is 1. The number of carbonyl (C=O) groups is 3. The molecule has 13 nitrogen and oxygen atoms in total. The van der Waals surface area contributed by atoms with Gasteiger partial charge in [0.15, 0.2) is 0 Å². The number of hydrogen-bond donors (Lipinski definition) is 2. The number of carbonyl (C=O) groups excluding carboxylic acids is 1. The molecule has 14 heteroatoms. The van der Waals surface area contributed by atoms with Crippen molar-refractivity contribution in [3.63, 3.8) is 0 Å². The fourth-order valence-corrected chi connectivity index (χ4v) is 4.49. The van der Waals surface area contributed by atoms with Gasteiger partial charge >= 0.3 is 17.9 Å². The predicted molar refractivity (Wildman–Crippen MR) is 137 cm³/mol. The number of esters is 1. The Morgan fingerprint density at radius 1 is 0.842 bits per heavy atom. The Morgan fingerprint density at radius 2 is 1.32 bits per heavy atom. The molecule has 1 unspecified atom stereocenters. The lowest BCUT2D eigenvalue weighted by molar-refractivity contribution is -1.04. The van der Waals surface area contributed by atoms with Crippen molar-refractivity contribution in [2.24, 2.45) is 5.41 Å². The molecule has 0 bridgehead atoms. The fraction of sp³-hybridized carbons (Fsp3) is 0.833. The number of methoxy groups -OCH3 is 1. The van der Waals surface area contributed by atoms with E-state index in [9.17, 15) is 14.4 Å². The van der Waals surface area contributed by atoms with E-state index >= 15 is 0 Å². The van der Waals surface area contributed by atoms with E-state index in [1.807, 2.05) is 27.7 Å². The second-order valence-electron chi connectivity index (χ2n) is 9.29. The number of nitrogens with zero attached hydrogens (tertiary/aromatic N) is 2. The maximum atomic E-state index is 11.5. The second-order valence-corrected chi connectivity index (χ2v) is 10.5. The summed E-state index contributed by atoms with van der Waals surface area (Å²) in [5.41, 5.74) is -0.934. The van der Waals surface area contributed by atoms with Crippen molar-refractivity contribution in [1.82, 2.24) is 0 Å². The zero-order valence-corrected chi connectivity index (χ0v) is 24.1. The van der Waals surface area contributed by atoms with Crippen molar-refractivity contribution in [3.8, 4) is 6.07 Å². The van der Waals surface area contributed by atoms with Crippen LogP contribution in [-0.2, 0) is 42.7 Å². The summed E-state index contributed by atoms with van der Waals surface area (Å²) in [7, 11) is 1.10. The van der Waals surface area contributed by atoms with E-state index in [4.69, 9.17) is 39.0 Å². The molecule has 0 saturated carbocycles. The molecular weight excluding hydrogens is 523 g/mol. The number of carboxylic acids is 2. The quantitative estimate of drug-likeness (QED) is 0.0757. The molecule has 0 rings (SSSR count). The minimum Gasteiger partial charge on any atom is -0.481 e. The molecule has 0 aromatic rings. The molecule has 0 aromatic carbocycles. The summed E-state index contributed by atoms with van der Waals surface area (Å²) < 4.78 is 28.0. The second kappa shape index (κ2) is 20.1. The smallest absolute Gasteiger partial charge is 0.307 e. The third-order valence-corrected chi connectivity index (χ3v) is 7.18. The largest absolute Gasteiger partial charge is 0.481 e. The van der Waals surface area contributed by atoms with E-state index in [2.05, 4.69) is 10.8 Å². The molecule has 0 aromatic heterocycles. The van der Waals surface area contributed by atoms with Gasteiger partial charge in [-0.3, -0.25) is 14.4 Å². The van der Waals surface area contributed by atoms with Crippen molar-refractivity contribution in [1.29, 1.82) is 5.26 Å². The van der Waals surface area contributed by atoms with Gasteiger partial charge in [-0.1, -0.05) is 0 Å². The summed E-state index contributed by atoms with van der Waals surface area (Å²) in [6, 6.07) is 2.09. The molecule has 38 heavy (non-hydrogen) atoms. The van der Waals surface area contributed by atoms with Gasteiger partial charge in [0.05, 0.1) is 90.5 Å². The van der Waals surface area contributed by atoms with Crippen molar-refractivity contribution >= 4 is 26.9 Å². The maximum absolute atomic E-state index is 11.5. The molecule has 0 heterocycles. The summed E-state index contributed by atoms with van der Waals surface area (Å²) >= 11 is 0. The lowest BCUT2D eigenvalue weighted by atomic mass is 9.92. The first-order valence-electron chi connectivity index (χ1n) is 12.5. The van der Waals surface area contributed by atoms with Crippen LogP contribution in [0.1, 0.15) is 53.4 Å². The third kappa shape index (κ3) is 14.9. The van der Waals surface area contributed by atoms with Crippen LogP contribution in [0, 0.1) is 16.7 Å². The minimum atomic E-state index is -1.01. The van der Waals surface area contributed by atoms with Crippen molar-refractivity contribution < 1.29 is 57.3 Å². The van der Waals surface area contributed by atoms with Gasteiger partial charge in [0.1, 0.15) is 18.7 Å². The average molecular weight is 568 g/mol. The van der Waals surface area contributed by atoms with Crippen LogP contribution < -0.4 is 0 Å². The number of quaternary nitrogens is 1. The minimum absolute atomic E-state index is 0.00863. The van der Waals surface area contributed by atoms with E-state index in [1.54, 1.807) is 0 Å². The van der Waals surface area contributed by atoms with Crippen LogP contribution in [0.3, 0.4) is 0 Å². The van der Waals surface area contributed by atoms with E-state index in [-0.39, 0.29) is 104 Å². The molecule has 0 aliphatic carbocycles. The number of rotatable bonds is 24. The molecular formula is C24H44N2O11P+. The Labute approximate surface area is 226 Å². The Balaban J connectivity index is 5.69. The molecule has 0 saturated heterocycles. The lowest BCUT2D eigenvalue weighted by Crippen LogP contribution is -2.51. The predicted octanol–water partition coefficient (Wildman–Crippen LogP) is 2.54. The number of hydrogen-bond acceptors (Lipinski definition) is 10. The van der Waals surface area contributed by atoms with Crippen LogP contribution in [0.4, 0.5) is 0 Å². The van der Waals surface area contributed by atoms with Crippen LogP contribution >= 0.6 is 8.96 Å². The van der Waals surface area contributed by atoms with Crippen LogP contribution in [0.15, 0.2) is 0 Å². The molecule has 0 aliphatic heterocycles. The molecule has 2 N–H and O–H groups in total. The molecule has 220 valence electrons. The van der Waals surface area contributed by atoms with E-state index in [0.29, 0.717) is 0 Å². The summed E-state index contributed by atoms with van der Waals surface area (Å²) in [6.45, 7) is 8.30. The highest BCUT2D eigenvalue weighted by Gasteiger charge is 2.41. The molecule has 0 aliphatic rings. The number of aliphatic carboxylic acids is 2. The first-order chi connectivity index (χ1) is 17.9. The van der Waals surface area contributed by atoms with Crippen molar-refractivity contribution in [3.05, 3.63) is 0 Å². The summed E-state index contributed by atoms with van der Waals surface area (Å²) in [4.78, 5) is 39.5. The zero-order valence-electron chi connectivity index (χ0n) is 23.1. The zero-order chi connectivity index (χ0) is 29.0. The van der Waals surface area contributed by atoms with Gasteiger partial charge in [-0.25, -0.2) is 0 Å². The topological polar surface area (TPSA) is 171 Å². The number of ether oxygens (including phenoxy) is 4. The lowest BCUT2D eigenvalue weighted by Gasteiger charge is -2.41.